The van der Waals surface area contributed by atoms with Crippen molar-refractivity contribution in [3.05, 3.63) is 28.8 Å². The van der Waals surface area contributed by atoms with Crippen LogP contribution in [0.1, 0.15) is 36.5 Å². The van der Waals surface area contributed by atoms with Crippen molar-refractivity contribution in [1.29, 1.82) is 0 Å². The van der Waals surface area contributed by atoms with Gasteiger partial charge in [0.15, 0.2) is 6.10 Å². The van der Waals surface area contributed by atoms with Crippen LogP contribution in [0.3, 0.4) is 0 Å². The molecule has 1 fully saturated rings. The summed E-state index contributed by atoms with van der Waals surface area (Å²) in [5.41, 5.74) is 0.0309. The fourth-order valence-electron chi connectivity index (χ4n) is 2.71. The summed E-state index contributed by atoms with van der Waals surface area (Å²) in [6, 6.07) is 3.95. The van der Waals surface area contributed by atoms with Crippen LogP contribution < -0.4 is 0 Å². The maximum Gasteiger partial charge on any atom is 0.338 e. The molecule has 1 aliphatic heterocycles. The van der Waals surface area contributed by atoms with E-state index in [1.165, 1.54) is 34.3 Å². The molecule has 26 heavy (non-hydrogen) atoms. The number of rotatable bonds is 5. The summed E-state index contributed by atoms with van der Waals surface area (Å²) in [6.07, 6.45) is 1.60. The van der Waals surface area contributed by atoms with Gasteiger partial charge in [0.25, 0.3) is 5.91 Å². The average Bonchev–Trinajstić information content (AvgIpc) is 2.61. The second kappa shape index (κ2) is 8.37. The third kappa shape index (κ3) is 4.55. The van der Waals surface area contributed by atoms with Crippen LogP contribution in [-0.4, -0.2) is 62.8 Å². The van der Waals surface area contributed by atoms with Gasteiger partial charge in [-0.25, -0.2) is 13.2 Å². The van der Waals surface area contributed by atoms with Gasteiger partial charge in [0.2, 0.25) is 10.0 Å². The molecule has 1 aliphatic rings. The molecule has 2 rings (SSSR count). The lowest BCUT2D eigenvalue weighted by Gasteiger charge is -2.26. The highest BCUT2D eigenvalue weighted by atomic mass is 35.5. The fraction of sp³-hybridized carbons (Fsp3) is 0.529. The lowest BCUT2D eigenvalue weighted by Crippen LogP contribution is -2.36. The van der Waals surface area contributed by atoms with Gasteiger partial charge < -0.3 is 9.64 Å². The van der Waals surface area contributed by atoms with Crippen LogP contribution in [0.5, 0.6) is 0 Å². The van der Waals surface area contributed by atoms with Crippen molar-refractivity contribution < 1.29 is 22.7 Å². The molecule has 0 aliphatic carbocycles. The minimum atomic E-state index is -3.79. The van der Waals surface area contributed by atoms with Gasteiger partial charge in [-0.1, -0.05) is 18.0 Å². The maximum atomic E-state index is 12.8. The number of halogens is 1. The largest absolute Gasteiger partial charge is 0.449 e. The van der Waals surface area contributed by atoms with Crippen LogP contribution in [0.2, 0.25) is 5.02 Å². The lowest BCUT2D eigenvalue weighted by molar-refractivity contribution is -0.137. The molecule has 1 aromatic rings. The summed E-state index contributed by atoms with van der Waals surface area (Å²) in [7, 11) is -0.681. The Hall–Kier alpha value is -1.64. The van der Waals surface area contributed by atoms with Crippen molar-refractivity contribution in [2.45, 2.75) is 37.2 Å². The van der Waals surface area contributed by atoms with Gasteiger partial charge >= 0.3 is 5.97 Å². The molecule has 9 heteroatoms. The molecule has 0 unspecified atom stereocenters. The van der Waals surface area contributed by atoms with Crippen molar-refractivity contribution >= 4 is 33.5 Å². The number of hydrogen-bond donors (Lipinski definition) is 0. The summed E-state index contributed by atoms with van der Waals surface area (Å²) >= 11 is 6.08. The molecule has 1 atom stereocenters. The number of benzene rings is 1. The molecule has 1 saturated heterocycles. The number of piperidine rings is 1. The first-order valence-corrected chi connectivity index (χ1v) is 10.2. The molecular formula is C17H23ClN2O5S. The zero-order valence-corrected chi connectivity index (χ0v) is 16.6. The topological polar surface area (TPSA) is 84.0 Å². The Bertz CT molecular complexity index is 788. The number of amides is 1. The first kappa shape index (κ1) is 20.7. The normalized spacial score (nSPS) is 16.8. The molecule has 1 aromatic carbocycles. The van der Waals surface area contributed by atoms with E-state index >= 15 is 0 Å². The number of sulfonamides is 1. The van der Waals surface area contributed by atoms with Crippen LogP contribution >= 0.6 is 11.6 Å². The van der Waals surface area contributed by atoms with Crippen molar-refractivity contribution in [2.75, 3.05) is 27.2 Å². The van der Waals surface area contributed by atoms with E-state index in [1.807, 2.05) is 0 Å². The minimum absolute atomic E-state index is 0.0309. The summed E-state index contributed by atoms with van der Waals surface area (Å²) in [5, 5.41) is 0.0459. The Morgan fingerprint density at radius 3 is 2.38 bits per heavy atom. The predicted octanol–water partition coefficient (Wildman–Crippen LogP) is 2.15. The van der Waals surface area contributed by atoms with Crippen LogP contribution in [0.15, 0.2) is 23.1 Å². The molecule has 0 spiro atoms. The number of hydrogen-bond acceptors (Lipinski definition) is 5. The van der Waals surface area contributed by atoms with Gasteiger partial charge in [-0.3, -0.25) is 4.79 Å². The van der Waals surface area contributed by atoms with E-state index in [9.17, 15) is 18.0 Å². The van der Waals surface area contributed by atoms with Gasteiger partial charge in [-0.05, 0) is 38.0 Å². The molecule has 1 amide bonds. The van der Waals surface area contributed by atoms with Crippen LogP contribution in [0.25, 0.3) is 0 Å². The van der Waals surface area contributed by atoms with Crippen molar-refractivity contribution in [3.8, 4) is 0 Å². The van der Waals surface area contributed by atoms with E-state index in [0.717, 1.165) is 19.3 Å². The maximum absolute atomic E-state index is 12.8. The Morgan fingerprint density at radius 2 is 1.81 bits per heavy atom. The first-order chi connectivity index (χ1) is 12.1. The first-order valence-electron chi connectivity index (χ1n) is 8.36. The van der Waals surface area contributed by atoms with Crippen LogP contribution in [-0.2, 0) is 19.6 Å². The number of ether oxygens (including phenoxy) is 1. The van der Waals surface area contributed by atoms with Crippen LogP contribution in [0.4, 0.5) is 0 Å². The zero-order chi connectivity index (χ0) is 19.5. The van der Waals surface area contributed by atoms with Crippen molar-refractivity contribution in [3.63, 3.8) is 0 Å². The zero-order valence-electron chi connectivity index (χ0n) is 15.1. The van der Waals surface area contributed by atoms with Gasteiger partial charge in [0, 0.05) is 27.2 Å². The average molecular weight is 403 g/mol. The summed E-state index contributed by atoms with van der Waals surface area (Å²) in [4.78, 5) is 25.3. The van der Waals surface area contributed by atoms with Crippen molar-refractivity contribution in [2.24, 2.45) is 0 Å². The molecule has 0 radical (unpaired) electrons. The Kier molecular flexibility index (Phi) is 6.65. The summed E-state index contributed by atoms with van der Waals surface area (Å²) in [6.45, 7) is 2.32. The summed E-state index contributed by atoms with van der Waals surface area (Å²) < 4.78 is 32.2. The highest BCUT2D eigenvalue weighted by Crippen LogP contribution is 2.28. The molecule has 144 valence electrons. The third-order valence-electron chi connectivity index (χ3n) is 4.17. The van der Waals surface area contributed by atoms with Gasteiger partial charge in [0.05, 0.1) is 10.6 Å². The van der Waals surface area contributed by atoms with E-state index in [4.69, 9.17) is 16.3 Å². The quantitative estimate of drug-likeness (QED) is 0.704. The molecule has 1 heterocycles. The SMILES string of the molecule is C[C@@H](OC(=O)c1ccc(Cl)c(S(=O)(=O)N2CCCCC2)c1)C(=O)N(C)C. The van der Waals surface area contributed by atoms with E-state index < -0.39 is 22.1 Å². The Balaban J connectivity index is 2.26. The molecular weight excluding hydrogens is 380 g/mol. The molecule has 0 N–H and O–H groups in total. The van der Waals surface area contributed by atoms with E-state index in [2.05, 4.69) is 0 Å². The van der Waals surface area contributed by atoms with Crippen LogP contribution in [0, 0.1) is 0 Å². The molecule has 0 bridgehead atoms. The monoisotopic (exact) mass is 402 g/mol. The van der Waals surface area contributed by atoms with Gasteiger partial charge in [0.1, 0.15) is 4.90 Å². The summed E-state index contributed by atoms with van der Waals surface area (Å²) in [5.74, 6) is -1.15. The van der Waals surface area contributed by atoms with Gasteiger partial charge in [-0.15, -0.1) is 0 Å². The van der Waals surface area contributed by atoms with Crippen molar-refractivity contribution in [1.82, 2.24) is 9.21 Å². The number of nitrogens with zero attached hydrogens (tertiary/aromatic N) is 2. The van der Waals surface area contributed by atoms with E-state index in [1.54, 1.807) is 14.1 Å². The molecule has 0 saturated carbocycles. The number of carbonyl (C=O) groups is 2. The lowest BCUT2D eigenvalue weighted by atomic mass is 10.2. The predicted molar refractivity (Wildman–Crippen MR) is 97.6 cm³/mol. The second-order valence-corrected chi connectivity index (χ2v) is 8.70. The second-order valence-electron chi connectivity index (χ2n) is 6.39. The Morgan fingerprint density at radius 1 is 1.19 bits per heavy atom. The van der Waals surface area contributed by atoms with E-state index in [-0.39, 0.29) is 21.4 Å². The number of carbonyl (C=O) groups excluding carboxylic acids is 2. The smallest absolute Gasteiger partial charge is 0.338 e. The Labute approximate surface area is 158 Å². The van der Waals surface area contributed by atoms with E-state index in [0.29, 0.717) is 13.1 Å². The third-order valence-corrected chi connectivity index (χ3v) is 6.55. The standard InChI is InChI=1S/C17H23ClN2O5S/c1-12(16(21)19(2)3)25-17(22)13-7-8-14(18)15(11-13)26(23,24)20-9-5-4-6-10-20/h7-8,11-12H,4-6,9-10H2,1-3H3/t12-/m1/s1. The molecule has 0 aromatic heterocycles. The highest BCUT2D eigenvalue weighted by molar-refractivity contribution is 7.89. The molecule has 7 nitrogen and oxygen atoms in total. The minimum Gasteiger partial charge on any atom is -0.449 e. The highest BCUT2D eigenvalue weighted by Gasteiger charge is 2.29. The fourth-order valence-corrected chi connectivity index (χ4v) is 4.73. The number of esters is 1. The van der Waals surface area contributed by atoms with Gasteiger partial charge in [-0.2, -0.15) is 4.31 Å². The number of likely N-dealkylation sites (N-methyl/N-ethyl adjacent to an activating group) is 1.